The first-order valence-corrected chi connectivity index (χ1v) is 8.20. The molecule has 0 bridgehead atoms. The normalized spacial score (nSPS) is 14.3. The summed E-state index contributed by atoms with van der Waals surface area (Å²) in [6, 6.07) is 0.720. The fourth-order valence-electron chi connectivity index (χ4n) is 1.68. The van der Waals surface area contributed by atoms with Gasteiger partial charge in [-0.25, -0.2) is 0 Å². The van der Waals surface area contributed by atoms with E-state index in [0.717, 1.165) is 12.6 Å². The summed E-state index contributed by atoms with van der Waals surface area (Å²) >= 11 is 1.95. The second-order valence-corrected chi connectivity index (χ2v) is 6.98. The van der Waals surface area contributed by atoms with Gasteiger partial charge < -0.3 is 10.2 Å². The van der Waals surface area contributed by atoms with E-state index in [1.165, 1.54) is 31.6 Å². The van der Waals surface area contributed by atoms with Crippen molar-refractivity contribution in [3.63, 3.8) is 0 Å². The number of unbranched alkanes of at least 4 members (excludes halogenated alkanes) is 1. The lowest BCUT2D eigenvalue weighted by Gasteiger charge is -2.25. The van der Waals surface area contributed by atoms with Crippen molar-refractivity contribution >= 4 is 11.8 Å². The summed E-state index contributed by atoms with van der Waals surface area (Å²) in [5.74, 6) is 1.27. The summed E-state index contributed by atoms with van der Waals surface area (Å²) in [4.78, 5) is 2.49. The molecular weight excluding hydrogens is 228 g/mol. The van der Waals surface area contributed by atoms with Gasteiger partial charge in [0.1, 0.15) is 0 Å². The zero-order chi connectivity index (χ0) is 13.3. The van der Waals surface area contributed by atoms with Gasteiger partial charge in [-0.1, -0.05) is 0 Å². The van der Waals surface area contributed by atoms with Gasteiger partial charge in [-0.2, -0.15) is 11.8 Å². The maximum absolute atomic E-state index is 3.54. The minimum absolute atomic E-state index is 0.261. The van der Waals surface area contributed by atoms with E-state index in [-0.39, 0.29) is 5.54 Å². The van der Waals surface area contributed by atoms with Crippen LogP contribution in [0.25, 0.3) is 0 Å². The maximum atomic E-state index is 3.54. The highest BCUT2D eigenvalue weighted by Gasteiger charge is 2.09. The lowest BCUT2D eigenvalue weighted by molar-refractivity contribution is 0.247. The van der Waals surface area contributed by atoms with Crippen LogP contribution in [0.5, 0.6) is 0 Å². The third-order valence-electron chi connectivity index (χ3n) is 3.09. The van der Waals surface area contributed by atoms with E-state index in [4.69, 9.17) is 0 Å². The Labute approximate surface area is 113 Å². The third-order valence-corrected chi connectivity index (χ3v) is 3.73. The van der Waals surface area contributed by atoms with E-state index in [1.54, 1.807) is 0 Å². The van der Waals surface area contributed by atoms with Crippen LogP contribution in [0, 0.1) is 0 Å². The molecule has 104 valence electrons. The van der Waals surface area contributed by atoms with Crippen LogP contribution in [0.3, 0.4) is 0 Å². The lowest BCUT2D eigenvalue weighted by atomic mass is 10.1. The molecule has 1 N–H and O–H groups in total. The number of thioether (sulfide) groups is 1. The van der Waals surface area contributed by atoms with Crippen LogP contribution in [-0.2, 0) is 0 Å². The van der Waals surface area contributed by atoms with Gasteiger partial charge in [0, 0.05) is 11.6 Å². The number of nitrogens with zero attached hydrogens (tertiary/aromatic N) is 1. The Kier molecular flexibility index (Phi) is 9.38. The van der Waals surface area contributed by atoms with E-state index in [0.29, 0.717) is 0 Å². The molecule has 0 aromatic carbocycles. The molecule has 0 spiro atoms. The van der Waals surface area contributed by atoms with Crippen LogP contribution in [-0.4, -0.2) is 48.6 Å². The molecule has 0 aromatic rings. The smallest absolute Gasteiger partial charge is 0.00965 e. The number of rotatable bonds is 9. The van der Waals surface area contributed by atoms with Crippen LogP contribution >= 0.6 is 11.8 Å². The summed E-state index contributed by atoms with van der Waals surface area (Å²) in [5, 5.41) is 3.54. The first kappa shape index (κ1) is 17.3. The van der Waals surface area contributed by atoms with Crippen LogP contribution in [0.15, 0.2) is 0 Å². The molecule has 0 aromatic heterocycles. The zero-order valence-corrected chi connectivity index (χ0v) is 13.5. The van der Waals surface area contributed by atoms with Crippen molar-refractivity contribution in [1.29, 1.82) is 0 Å². The Balaban J connectivity index is 3.47. The Hall–Kier alpha value is 0.270. The fourth-order valence-corrected chi connectivity index (χ4v) is 2.26. The van der Waals surface area contributed by atoms with Gasteiger partial charge in [0.05, 0.1) is 0 Å². The average Bonchev–Trinajstić information content (AvgIpc) is 2.23. The molecule has 0 aliphatic carbocycles. The first-order valence-electron chi connectivity index (χ1n) is 6.81. The highest BCUT2D eigenvalue weighted by Crippen LogP contribution is 2.07. The largest absolute Gasteiger partial charge is 0.312 e. The van der Waals surface area contributed by atoms with Crippen molar-refractivity contribution in [2.24, 2.45) is 0 Å². The topological polar surface area (TPSA) is 15.3 Å². The van der Waals surface area contributed by atoms with Crippen LogP contribution in [0.2, 0.25) is 0 Å². The quantitative estimate of drug-likeness (QED) is 0.641. The molecule has 0 aliphatic rings. The Morgan fingerprint density at radius 3 is 2.41 bits per heavy atom. The second-order valence-electron chi connectivity index (χ2n) is 5.99. The number of nitrogens with one attached hydrogen (secondary N) is 1. The van der Waals surface area contributed by atoms with Crippen molar-refractivity contribution in [2.45, 2.75) is 58.5 Å². The van der Waals surface area contributed by atoms with E-state index >= 15 is 0 Å². The Morgan fingerprint density at radius 1 is 1.24 bits per heavy atom. The van der Waals surface area contributed by atoms with Crippen LogP contribution in [0.4, 0.5) is 0 Å². The van der Waals surface area contributed by atoms with Gasteiger partial charge in [-0.3, -0.25) is 0 Å². The van der Waals surface area contributed by atoms with Crippen molar-refractivity contribution in [2.75, 3.05) is 32.1 Å². The summed E-state index contributed by atoms with van der Waals surface area (Å²) in [6.45, 7) is 11.4. The average molecular weight is 260 g/mol. The summed E-state index contributed by atoms with van der Waals surface area (Å²) in [6.07, 6.45) is 6.06. The Morgan fingerprint density at radius 2 is 1.88 bits per heavy atom. The molecule has 3 heteroatoms. The summed E-state index contributed by atoms with van der Waals surface area (Å²) in [7, 11) is 2.25. The number of hydrogen-bond acceptors (Lipinski definition) is 3. The van der Waals surface area contributed by atoms with E-state index in [1.807, 2.05) is 11.8 Å². The molecule has 17 heavy (non-hydrogen) atoms. The van der Waals surface area contributed by atoms with Crippen LogP contribution in [0.1, 0.15) is 47.0 Å². The van der Waals surface area contributed by atoms with Gasteiger partial charge in [0.25, 0.3) is 0 Å². The summed E-state index contributed by atoms with van der Waals surface area (Å²) < 4.78 is 0. The van der Waals surface area contributed by atoms with Gasteiger partial charge in [0.15, 0.2) is 0 Å². The van der Waals surface area contributed by atoms with Crippen molar-refractivity contribution in [3.8, 4) is 0 Å². The molecule has 1 atom stereocenters. The molecular formula is C14H32N2S. The van der Waals surface area contributed by atoms with Crippen molar-refractivity contribution in [1.82, 2.24) is 10.2 Å². The summed E-state index contributed by atoms with van der Waals surface area (Å²) in [5.41, 5.74) is 0.261. The van der Waals surface area contributed by atoms with E-state index in [2.05, 4.69) is 51.2 Å². The van der Waals surface area contributed by atoms with Gasteiger partial charge >= 0.3 is 0 Å². The molecule has 1 unspecified atom stereocenters. The van der Waals surface area contributed by atoms with Gasteiger partial charge in [-0.15, -0.1) is 0 Å². The molecule has 0 saturated carbocycles. The minimum atomic E-state index is 0.261. The standard InChI is InChI=1S/C14H32N2S/c1-13(9-12-17-6)16(5)11-8-7-10-15-14(2,3)4/h13,15H,7-12H2,1-6H3. The van der Waals surface area contributed by atoms with E-state index in [9.17, 15) is 0 Å². The van der Waals surface area contributed by atoms with Crippen LogP contribution < -0.4 is 5.32 Å². The highest BCUT2D eigenvalue weighted by atomic mass is 32.2. The third kappa shape index (κ3) is 11.1. The molecule has 0 fully saturated rings. The predicted octanol–water partition coefficient (Wildman–Crippen LogP) is 3.23. The Bertz CT molecular complexity index is 178. The molecule has 0 rings (SSSR count). The van der Waals surface area contributed by atoms with E-state index < -0.39 is 0 Å². The molecule has 0 saturated heterocycles. The second kappa shape index (κ2) is 9.23. The molecule has 2 nitrogen and oxygen atoms in total. The zero-order valence-electron chi connectivity index (χ0n) is 12.7. The number of hydrogen-bond donors (Lipinski definition) is 1. The molecule has 0 heterocycles. The minimum Gasteiger partial charge on any atom is -0.312 e. The SMILES string of the molecule is CSCCC(C)N(C)CCCCNC(C)(C)C. The maximum Gasteiger partial charge on any atom is 0.00965 e. The molecule has 0 aliphatic heterocycles. The molecule has 0 amide bonds. The monoisotopic (exact) mass is 260 g/mol. The van der Waals surface area contributed by atoms with Gasteiger partial charge in [0.2, 0.25) is 0 Å². The predicted molar refractivity (Wildman–Crippen MR) is 82.1 cm³/mol. The van der Waals surface area contributed by atoms with Crippen molar-refractivity contribution < 1.29 is 0 Å². The highest BCUT2D eigenvalue weighted by molar-refractivity contribution is 7.98. The lowest BCUT2D eigenvalue weighted by Crippen LogP contribution is -2.37. The fraction of sp³-hybridized carbons (Fsp3) is 1.00. The van der Waals surface area contributed by atoms with Crippen molar-refractivity contribution in [3.05, 3.63) is 0 Å². The first-order chi connectivity index (χ1) is 7.87. The van der Waals surface area contributed by atoms with Gasteiger partial charge in [-0.05, 0) is 79.1 Å². The molecule has 0 radical (unpaired) electrons.